The van der Waals surface area contributed by atoms with E-state index in [1.807, 2.05) is 24.3 Å². The summed E-state index contributed by atoms with van der Waals surface area (Å²) in [5, 5.41) is 11.7. The molecule has 0 saturated carbocycles. The van der Waals surface area contributed by atoms with Gasteiger partial charge >= 0.3 is 0 Å². The van der Waals surface area contributed by atoms with Gasteiger partial charge in [0, 0.05) is 24.3 Å². The quantitative estimate of drug-likeness (QED) is 0.715. The second-order valence-corrected chi connectivity index (χ2v) is 7.43. The summed E-state index contributed by atoms with van der Waals surface area (Å²) in [6.07, 6.45) is 1.72. The summed E-state index contributed by atoms with van der Waals surface area (Å²) in [6.45, 7) is 3.49. The highest BCUT2D eigenvalue weighted by molar-refractivity contribution is 5.93. The number of carbonyl (C=O) groups excluding carboxylic acids is 1. The van der Waals surface area contributed by atoms with Crippen LogP contribution in [0.4, 0.5) is 15.9 Å². The zero-order valence-corrected chi connectivity index (χ0v) is 16.3. The molecule has 2 aromatic carbocycles. The molecule has 2 heterocycles. The lowest BCUT2D eigenvalue weighted by Crippen LogP contribution is -2.41. The zero-order chi connectivity index (χ0) is 20.2. The molecule has 1 aliphatic heterocycles. The number of anilines is 2. The first-order valence-corrected chi connectivity index (χ1v) is 9.80. The number of aromatic nitrogens is 2. The van der Waals surface area contributed by atoms with Gasteiger partial charge in [-0.3, -0.25) is 4.79 Å². The molecule has 1 N–H and O–H groups in total. The lowest BCUT2D eigenvalue weighted by atomic mass is 9.97. The standard InChI is InChI=1S/C23H23FN4O/c1-16-4-2-5-17(14-16)21-11-12-22(27-26-21)28-13-3-6-18(15-28)23(29)25-20-9-7-19(24)8-10-20/h2,4-5,7-12,14,18H,3,6,13,15H2,1H3,(H,25,29)/t18-/m1/s1. The van der Waals surface area contributed by atoms with Crippen molar-refractivity contribution >= 4 is 17.4 Å². The Morgan fingerprint density at radius 3 is 2.66 bits per heavy atom. The van der Waals surface area contributed by atoms with Gasteiger partial charge in [0.15, 0.2) is 5.82 Å². The third kappa shape index (κ3) is 4.59. The number of hydrogen-bond acceptors (Lipinski definition) is 4. The highest BCUT2D eigenvalue weighted by Gasteiger charge is 2.26. The Morgan fingerprint density at radius 1 is 1.10 bits per heavy atom. The number of rotatable bonds is 4. The molecule has 1 aromatic heterocycles. The molecular weight excluding hydrogens is 367 g/mol. The minimum Gasteiger partial charge on any atom is -0.354 e. The van der Waals surface area contributed by atoms with Crippen LogP contribution in [0.1, 0.15) is 18.4 Å². The Kier molecular flexibility index (Phi) is 5.51. The molecule has 0 unspecified atom stereocenters. The minimum absolute atomic E-state index is 0.0503. The Bertz CT molecular complexity index is 989. The van der Waals surface area contributed by atoms with Crippen LogP contribution in [-0.4, -0.2) is 29.2 Å². The van der Waals surface area contributed by atoms with Crippen molar-refractivity contribution in [1.29, 1.82) is 0 Å². The summed E-state index contributed by atoms with van der Waals surface area (Å²) >= 11 is 0. The summed E-state index contributed by atoms with van der Waals surface area (Å²) in [5.41, 5.74) is 3.66. The number of piperidine rings is 1. The Labute approximate surface area is 169 Å². The van der Waals surface area contributed by atoms with E-state index in [4.69, 9.17) is 0 Å². The van der Waals surface area contributed by atoms with Crippen molar-refractivity contribution in [2.24, 2.45) is 5.92 Å². The average Bonchev–Trinajstić information content (AvgIpc) is 2.75. The number of halogens is 1. The number of carbonyl (C=O) groups is 1. The SMILES string of the molecule is Cc1cccc(-c2ccc(N3CCC[C@@H](C(=O)Nc4ccc(F)cc4)C3)nn2)c1. The highest BCUT2D eigenvalue weighted by atomic mass is 19.1. The van der Waals surface area contributed by atoms with E-state index < -0.39 is 0 Å². The van der Waals surface area contributed by atoms with Gasteiger partial charge in [0.05, 0.1) is 11.6 Å². The third-order valence-electron chi connectivity index (χ3n) is 5.19. The van der Waals surface area contributed by atoms with E-state index in [1.54, 1.807) is 12.1 Å². The largest absolute Gasteiger partial charge is 0.354 e. The highest BCUT2D eigenvalue weighted by Crippen LogP contribution is 2.24. The van der Waals surface area contributed by atoms with Crippen molar-refractivity contribution in [2.45, 2.75) is 19.8 Å². The lowest BCUT2D eigenvalue weighted by molar-refractivity contribution is -0.120. The molecule has 4 rings (SSSR count). The molecule has 0 spiro atoms. The molecule has 1 saturated heterocycles. The molecule has 0 aliphatic carbocycles. The Hall–Kier alpha value is -3.28. The molecule has 0 bridgehead atoms. The van der Waals surface area contributed by atoms with E-state index >= 15 is 0 Å². The van der Waals surface area contributed by atoms with E-state index in [0.29, 0.717) is 12.2 Å². The van der Waals surface area contributed by atoms with E-state index in [-0.39, 0.29) is 17.6 Å². The van der Waals surface area contributed by atoms with Crippen LogP contribution in [0.15, 0.2) is 60.7 Å². The number of amides is 1. The predicted octanol–water partition coefficient (Wildman–Crippen LogP) is 4.45. The van der Waals surface area contributed by atoms with Crippen molar-refractivity contribution in [3.05, 3.63) is 72.0 Å². The minimum atomic E-state index is -0.320. The van der Waals surface area contributed by atoms with Gasteiger partial charge in [-0.1, -0.05) is 23.8 Å². The number of nitrogens with one attached hydrogen (secondary N) is 1. The van der Waals surface area contributed by atoms with Gasteiger partial charge in [0.2, 0.25) is 5.91 Å². The Balaban J connectivity index is 1.42. The molecule has 1 fully saturated rings. The van der Waals surface area contributed by atoms with Crippen molar-refractivity contribution < 1.29 is 9.18 Å². The summed E-state index contributed by atoms with van der Waals surface area (Å²) in [4.78, 5) is 14.7. The van der Waals surface area contributed by atoms with E-state index in [0.717, 1.165) is 36.5 Å². The molecule has 1 atom stereocenters. The molecule has 29 heavy (non-hydrogen) atoms. The Morgan fingerprint density at radius 2 is 1.93 bits per heavy atom. The van der Waals surface area contributed by atoms with Crippen LogP contribution in [0.2, 0.25) is 0 Å². The summed E-state index contributed by atoms with van der Waals surface area (Å²) in [7, 11) is 0. The van der Waals surface area contributed by atoms with Crippen LogP contribution >= 0.6 is 0 Å². The number of nitrogens with zero attached hydrogens (tertiary/aromatic N) is 3. The van der Waals surface area contributed by atoms with E-state index in [1.165, 1.54) is 17.7 Å². The van der Waals surface area contributed by atoms with Crippen LogP contribution in [0.25, 0.3) is 11.3 Å². The fraction of sp³-hybridized carbons (Fsp3) is 0.261. The van der Waals surface area contributed by atoms with Crippen molar-refractivity contribution in [3.8, 4) is 11.3 Å². The maximum atomic E-state index is 13.0. The topological polar surface area (TPSA) is 58.1 Å². The predicted molar refractivity (Wildman–Crippen MR) is 112 cm³/mol. The molecule has 1 aliphatic rings. The first-order chi connectivity index (χ1) is 14.1. The van der Waals surface area contributed by atoms with Gasteiger partial charge < -0.3 is 10.2 Å². The van der Waals surface area contributed by atoms with Gasteiger partial charge in [-0.15, -0.1) is 10.2 Å². The second kappa shape index (κ2) is 8.39. The average molecular weight is 390 g/mol. The van der Waals surface area contributed by atoms with Gasteiger partial charge in [0.25, 0.3) is 0 Å². The molecule has 5 nitrogen and oxygen atoms in total. The summed E-state index contributed by atoms with van der Waals surface area (Å²) in [5.74, 6) is 0.262. The van der Waals surface area contributed by atoms with Crippen LogP contribution in [0.3, 0.4) is 0 Å². The van der Waals surface area contributed by atoms with Crippen molar-refractivity contribution in [3.63, 3.8) is 0 Å². The third-order valence-corrected chi connectivity index (χ3v) is 5.19. The van der Waals surface area contributed by atoms with Crippen LogP contribution in [0.5, 0.6) is 0 Å². The number of hydrogen-bond donors (Lipinski definition) is 1. The zero-order valence-electron chi connectivity index (χ0n) is 16.3. The maximum Gasteiger partial charge on any atom is 0.229 e. The molecule has 0 radical (unpaired) electrons. The molecule has 6 heteroatoms. The van der Waals surface area contributed by atoms with E-state index in [9.17, 15) is 9.18 Å². The first-order valence-electron chi connectivity index (χ1n) is 9.80. The molecule has 3 aromatic rings. The van der Waals surface area contributed by atoms with Crippen LogP contribution in [0, 0.1) is 18.7 Å². The number of benzene rings is 2. The summed E-state index contributed by atoms with van der Waals surface area (Å²) in [6, 6.07) is 17.9. The molecule has 148 valence electrons. The van der Waals surface area contributed by atoms with Gasteiger partial charge in [-0.2, -0.15) is 0 Å². The fourth-order valence-electron chi connectivity index (χ4n) is 3.63. The van der Waals surface area contributed by atoms with Crippen molar-refractivity contribution in [2.75, 3.05) is 23.3 Å². The normalized spacial score (nSPS) is 16.5. The first kappa shape index (κ1) is 19.1. The fourth-order valence-corrected chi connectivity index (χ4v) is 3.63. The van der Waals surface area contributed by atoms with Crippen LogP contribution < -0.4 is 10.2 Å². The molecular formula is C23H23FN4O. The van der Waals surface area contributed by atoms with Gasteiger partial charge in [-0.25, -0.2) is 4.39 Å². The van der Waals surface area contributed by atoms with Gasteiger partial charge in [-0.05, 0) is 62.2 Å². The van der Waals surface area contributed by atoms with Crippen LogP contribution in [-0.2, 0) is 4.79 Å². The monoisotopic (exact) mass is 390 g/mol. The second-order valence-electron chi connectivity index (χ2n) is 7.43. The maximum absolute atomic E-state index is 13.0. The van der Waals surface area contributed by atoms with Gasteiger partial charge in [0.1, 0.15) is 5.82 Å². The van der Waals surface area contributed by atoms with E-state index in [2.05, 4.69) is 39.5 Å². The summed E-state index contributed by atoms with van der Waals surface area (Å²) < 4.78 is 13.0. The lowest BCUT2D eigenvalue weighted by Gasteiger charge is -2.32. The van der Waals surface area contributed by atoms with Crippen molar-refractivity contribution in [1.82, 2.24) is 10.2 Å². The smallest absolute Gasteiger partial charge is 0.229 e. The molecule has 1 amide bonds. The number of aryl methyl sites for hydroxylation is 1.